The maximum absolute atomic E-state index is 5.90. The topological polar surface area (TPSA) is 27.7 Å². The molecule has 5 heteroatoms. The monoisotopic (exact) mass is 257 g/mol. The third-order valence-corrected chi connectivity index (χ3v) is 9.40. The van der Waals surface area contributed by atoms with Gasteiger partial charge in [0.2, 0.25) is 0 Å². The zero-order valence-corrected chi connectivity index (χ0v) is 12.5. The highest BCUT2D eigenvalue weighted by Gasteiger charge is 2.46. The van der Waals surface area contributed by atoms with E-state index in [0.717, 1.165) is 18.6 Å². The molecule has 4 nitrogen and oxygen atoms in total. The van der Waals surface area contributed by atoms with Crippen LogP contribution in [0.2, 0.25) is 12.1 Å². The number of hydrogen-bond donors (Lipinski definition) is 1. The number of nitrogens with zero attached hydrogens (tertiary/aromatic N) is 2. The molecule has 1 N–H and O–H groups in total. The third-order valence-electron chi connectivity index (χ3n) is 4.75. The largest absolute Gasteiger partial charge is 0.406 e. The second-order valence-corrected chi connectivity index (χ2v) is 9.64. The molecule has 0 spiro atoms. The summed E-state index contributed by atoms with van der Waals surface area (Å²) in [5.74, 6) is 0. The lowest BCUT2D eigenvalue weighted by atomic mass is 10.2. The molecular formula is C12H27N3OSi. The van der Waals surface area contributed by atoms with Crippen molar-refractivity contribution in [3.05, 3.63) is 0 Å². The molecule has 0 aromatic carbocycles. The molecule has 0 saturated carbocycles. The molecular weight excluding hydrogens is 230 g/mol. The minimum absolute atomic E-state index is 0.812. The number of piperazine rings is 1. The van der Waals surface area contributed by atoms with Crippen LogP contribution in [0.1, 0.15) is 12.8 Å². The van der Waals surface area contributed by atoms with Crippen molar-refractivity contribution in [1.29, 1.82) is 0 Å². The Labute approximate surface area is 107 Å². The van der Waals surface area contributed by atoms with E-state index in [-0.39, 0.29) is 0 Å². The van der Waals surface area contributed by atoms with Gasteiger partial charge in [0.05, 0.1) is 0 Å². The first-order chi connectivity index (χ1) is 8.16. The van der Waals surface area contributed by atoms with Crippen LogP contribution in [-0.2, 0) is 4.43 Å². The van der Waals surface area contributed by atoms with Crippen LogP contribution in [0.15, 0.2) is 0 Å². The van der Waals surface area contributed by atoms with Crippen molar-refractivity contribution in [1.82, 2.24) is 14.8 Å². The lowest BCUT2D eigenvalue weighted by Crippen LogP contribution is -2.50. The van der Waals surface area contributed by atoms with Gasteiger partial charge in [-0.1, -0.05) is 0 Å². The molecule has 0 bridgehead atoms. The van der Waals surface area contributed by atoms with Gasteiger partial charge < -0.3 is 19.2 Å². The van der Waals surface area contributed by atoms with Gasteiger partial charge in [0, 0.05) is 33.3 Å². The minimum Gasteiger partial charge on any atom is -0.406 e. The molecule has 2 saturated heterocycles. The molecule has 0 aromatic heterocycles. The smallest absolute Gasteiger partial charge is 0.270 e. The predicted octanol–water partition coefficient (Wildman–Crippen LogP) is 0.706. The van der Waals surface area contributed by atoms with Crippen LogP contribution in [0.5, 0.6) is 0 Å². The highest BCUT2D eigenvalue weighted by molar-refractivity contribution is 6.71. The van der Waals surface area contributed by atoms with Crippen molar-refractivity contribution >= 4 is 8.48 Å². The summed E-state index contributed by atoms with van der Waals surface area (Å²) in [6.45, 7) is 9.60. The second kappa shape index (κ2) is 5.80. The van der Waals surface area contributed by atoms with Gasteiger partial charge in [-0.05, 0) is 45.1 Å². The van der Waals surface area contributed by atoms with Crippen LogP contribution in [0.25, 0.3) is 0 Å². The molecule has 0 aromatic rings. The van der Waals surface area contributed by atoms with Crippen LogP contribution < -0.4 is 5.32 Å². The van der Waals surface area contributed by atoms with Crippen LogP contribution >= 0.6 is 0 Å². The van der Waals surface area contributed by atoms with Gasteiger partial charge >= 0.3 is 0 Å². The Morgan fingerprint density at radius 3 is 2.65 bits per heavy atom. The molecule has 2 heterocycles. The Hall–Kier alpha value is 0.0569. The van der Waals surface area contributed by atoms with Crippen molar-refractivity contribution in [3.63, 3.8) is 0 Å². The van der Waals surface area contributed by atoms with Crippen LogP contribution in [0, 0.1) is 0 Å². The van der Waals surface area contributed by atoms with E-state index in [1.54, 1.807) is 0 Å². The van der Waals surface area contributed by atoms with E-state index in [4.69, 9.17) is 4.43 Å². The van der Waals surface area contributed by atoms with Crippen molar-refractivity contribution in [2.24, 2.45) is 0 Å². The Kier molecular flexibility index (Phi) is 4.60. The Bertz CT molecular complexity index is 248. The summed E-state index contributed by atoms with van der Waals surface area (Å²) in [5.41, 5.74) is 0.812. The Morgan fingerprint density at radius 1 is 1.29 bits per heavy atom. The Balaban J connectivity index is 1.82. The van der Waals surface area contributed by atoms with Crippen molar-refractivity contribution in [2.75, 3.05) is 53.4 Å². The van der Waals surface area contributed by atoms with Gasteiger partial charge in [0.15, 0.2) is 0 Å². The summed E-state index contributed by atoms with van der Waals surface area (Å²) in [4.78, 5) is 2.60. The van der Waals surface area contributed by atoms with Crippen LogP contribution in [0.3, 0.4) is 0 Å². The van der Waals surface area contributed by atoms with Gasteiger partial charge in [-0.2, -0.15) is 0 Å². The molecule has 100 valence electrons. The number of nitrogens with one attached hydrogen (secondary N) is 1. The lowest BCUT2D eigenvalue weighted by Gasteiger charge is -2.34. The van der Waals surface area contributed by atoms with Crippen molar-refractivity contribution < 1.29 is 4.43 Å². The highest BCUT2D eigenvalue weighted by Crippen LogP contribution is 2.37. The van der Waals surface area contributed by atoms with E-state index in [1.165, 1.54) is 39.0 Å². The molecule has 17 heavy (non-hydrogen) atoms. The zero-order chi connectivity index (χ0) is 12.3. The minimum atomic E-state index is -1.59. The van der Waals surface area contributed by atoms with Gasteiger partial charge in [-0.3, -0.25) is 0 Å². The molecule has 0 radical (unpaired) electrons. The summed E-state index contributed by atoms with van der Waals surface area (Å²) >= 11 is 0. The lowest BCUT2D eigenvalue weighted by molar-refractivity contribution is 0.233. The molecule has 2 atom stereocenters. The van der Waals surface area contributed by atoms with Gasteiger partial charge in [0.25, 0.3) is 8.48 Å². The quantitative estimate of drug-likeness (QED) is 0.751. The van der Waals surface area contributed by atoms with Gasteiger partial charge in [-0.15, -0.1) is 0 Å². The third kappa shape index (κ3) is 2.90. The molecule has 2 rings (SSSR count). The SMILES string of the molecule is CO[Si]1(C)C(CCN2CCNCC2)CCN1C. The van der Waals surface area contributed by atoms with Gasteiger partial charge in [0.1, 0.15) is 0 Å². The molecule has 2 aliphatic heterocycles. The van der Waals surface area contributed by atoms with Gasteiger partial charge in [-0.25, -0.2) is 0 Å². The molecule has 2 fully saturated rings. The summed E-state index contributed by atoms with van der Waals surface area (Å²) in [5, 5.41) is 3.41. The molecule has 0 aliphatic carbocycles. The van der Waals surface area contributed by atoms with E-state index < -0.39 is 8.48 Å². The van der Waals surface area contributed by atoms with E-state index in [9.17, 15) is 0 Å². The normalized spacial score (nSPS) is 36.5. The molecule has 0 amide bonds. The second-order valence-electron chi connectivity index (χ2n) is 5.55. The van der Waals surface area contributed by atoms with Crippen molar-refractivity contribution in [3.8, 4) is 0 Å². The first-order valence-electron chi connectivity index (χ1n) is 6.86. The fourth-order valence-electron chi connectivity index (χ4n) is 3.16. The number of rotatable bonds is 4. The zero-order valence-electron chi connectivity index (χ0n) is 11.5. The predicted molar refractivity (Wildman–Crippen MR) is 73.6 cm³/mol. The first-order valence-corrected chi connectivity index (χ1v) is 9.29. The Morgan fingerprint density at radius 2 is 2.00 bits per heavy atom. The summed E-state index contributed by atoms with van der Waals surface area (Å²) in [6.07, 6.45) is 2.65. The van der Waals surface area contributed by atoms with Crippen LogP contribution in [0.4, 0.5) is 0 Å². The fraction of sp³-hybridized carbons (Fsp3) is 1.00. The fourth-order valence-corrected chi connectivity index (χ4v) is 6.33. The average Bonchev–Trinajstić information content (AvgIpc) is 2.65. The first kappa shape index (κ1) is 13.5. The summed E-state index contributed by atoms with van der Waals surface area (Å²) < 4.78 is 8.39. The van der Waals surface area contributed by atoms with Crippen molar-refractivity contribution in [2.45, 2.75) is 24.9 Å². The highest BCUT2D eigenvalue weighted by atomic mass is 28.4. The van der Waals surface area contributed by atoms with E-state index in [0.29, 0.717) is 0 Å². The number of hydrogen-bond acceptors (Lipinski definition) is 4. The van der Waals surface area contributed by atoms with E-state index in [1.807, 2.05) is 7.11 Å². The van der Waals surface area contributed by atoms with E-state index >= 15 is 0 Å². The molecule has 2 aliphatic rings. The maximum Gasteiger partial charge on any atom is 0.270 e. The summed E-state index contributed by atoms with van der Waals surface area (Å²) in [6, 6.07) is 0. The average molecular weight is 257 g/mol. The van der Waals surface area contributed by atoms with Crippen LogP contribution in [-0.4, -0.2) is 71.4 Å². The molecule has 2 unspecified atom stereocenters. The summed E-state index contributed by atoms with van der Waals surface area (Å²) in [7, 11) is 2.56. The van der Waals surface area contributed by atoms with E-state index in [2.05, 4.69) is 28.4 Å². The maximum atomic E-state index is 5.90. The standard InChI is InChI=1S/C12H27N3OSi/c1-14-8-4-12(17(14,3)16-2)5-9-15-10-6-13-7-11-15/h12-13H,4-11H2,1-3H3.